The van der Waals surface area contributed by atoms with E-state index in [0.29, 0.717) is 11.7 Å². The molecule has 0 aliphatic carbocycles. The van der Waals surface area contributed by atoms with E-state index < -0.39 is 0 Å². The maximum Gasteiger partial charge on any atom is 0.144 e. The summed E-state index contributed by atoms with van der Waals surface area (Å²) in [6.07, 6.45) is 1.17. The van der Waals surface area contributed by atoms with Gasteiger partial charge in [0.1, 0.15) is 5.75 Å². The number of anilines is 2. The van der Waals surface area contributed by atoms with Gasteiger partial charge in [-0.3, -0.25) is 0 Å². The Morgan fingerprint density at radius 1 is 1.44 bits per heavy atom. The van der Waals surface area contributed by atoms with Crippen LogP contribution in [0, 0.1) is 0 Å². The summed E-state index contributed by atoms with van der Waals surface area (Å²) in [7, 11) is 2.06. The van der Waals surface area contributed by atoms with Crippen molar-refractivity contribution in [2.75, 3.05) is 30.9 Å². The fraction of sp³-hybridized carbons (Fsp3) is 0.571. The molecule has 1 fully saturated rings. The highest BCUT2D eigenvalue weighted by Gasteiger charge is 2.22. The third-order valence-corrected chi connectivity index (χ3v) is 3.24. The lowest BCUT2D eigenvalue weighted by Gasteiger charge is -2.27. The van der Waals surface area contributed by atoms with Crippen LogP contribution in [-0.2, 0) is 4.74 Å². The van der Waals surface area contributed by atoms with Crippen LogP contribution in [0.25, 0.3) is 0 Å². The molecule has 2 rings (SSSR count). The van der Waals surface area contributed by atoms with Crippen molar-refractivity contribution in [1.29, 1.82) is 0 Å². The van der Waals surface area contributed by atoms with E-state index >= 15 is 0 Å². The topological polar surface area (TPSA) is 47.7 Å². The molecule has 4 heteroatoms. The molecule has 18 heavy (non-hydrogen) atoms. The first-order chi connectivity index (χ1) is 8.59. The normalized spacial score (nSPS) is 19.2. The summed E-state index contributed by atoms with van der Waals surface area (Å²) in [5.74, 6) is 0.758. The first-order valence-corrected chi connectivity index (χ1v) is 6.45. The Kier molecular flexibility index (Phi) is 3.97. The minimum Gasteiger partial charge on any atom is -0.489 e. The molecule has 1 atom stereocenters. The maximum absolute atomic E-state index is 6.19. The molecule has 1 aromatic carbocycles. The fourth-order valence-electron chi connectivity index (χ4n) is 2.22. The van der Waals surface area contributed by atoms with E-state index in [1.807, 2.05) is 32.0 Å². The molecule has 0 radical (unpaired) electrons. The molecule has 0 spiro atoms. The van der Waals surface area contributed by atoms with Crippen LogP contribution in [0.3, 0.4) is 0 Å². The second kappa shape index (κ2) is 5.48. The zero-order chi connectivity index (χ0) is 13.1. The molecule has 100 valence electrons. The highest BCUT2D eigenvalue weighted by molar-refractivity contribution is 5.74. The molecule has 1 aliphatic heterocycles. The number of ether oxygens (including phenoxy) is 2. The second-order valence-corrected chi connectivity index (χ2v) is 4.98. The van der Waals surface area contributed by atoms with E-state index in [0.717, 1.165) is 31.1 Å². The van der Waals surface area contributed by atoms with Crippen molar-refractivity contribution in [3.8, 4) is 5.75 Å². The number of hydrogen-bond acceptors (Lipinski definition) is 4. The molecular formula is C14H22N2O2. The van der Waals surface area contributed by atoms with Crippen LogP contribution in [0.15, 0.2) is 18.2 Å². The molecule has 1 heterocycles. The van der Waals surface area contributed by atoms with Gasteiger partial charge >= 0.3 is 0 Å². The molecule has 0 saturated carbocycles. The number of nitrogens with zero attached hydrogens (tertiary/aromatic N) is 1. The lowest BCUT2D eigenvalue weighted by molar-refractivity contribution is 0.193. The quantitative estimate of drug-likeness (QED) is 0.833. The highest BCUT2D eigenvalue weighted by atomic mass is 16.5. The zero-order valence-corrected chi connectivity index (χ0v) is 11.3. The van der Waals surface area contributed by atoms with Crippen molar-refractivity contribution in [2.45, 2.75) is 32.4 Å². The van der Waals surface area contributed by atoms with E-state index in [1.165, 1.54) is 0 Å². The Morgan fingerprint density at radius 2 is 2.22 bits per heavy atom. The van der Waals surface area contributed by atoms with Gasteiger partial charge < -0.3 is 20.1 Å². The number of para-hydroxylation sites is 1. The first-order valence-electron chi connectivity index (χ1n) is 6.45. The van der Waals surface area contributed by atoms with Gasteiger partial charge in [-0.25, -0.2) is 0 Å². The Hall–Kier alpha value is -1.42. The number of nitrogen functional groups attached to an aromatic ring is 1. The van der Waals surface area contributed by atoms with Gasteiger partial charge in [0, 0.05) is 13.7 Å². The van der Waals surface area contributed by atoms with Crippen LogP contribution in [-0.4, -0.2) is 32.4 Å². The molecule has 2 N–H and O–H groups in total. The molecule has 0 aromatic heterocycles. The third kappa shape index (κ3) is 2.70. The summed E-state index contributed by atoms with van der Waals surface area (Å²) >= 11 is 0. The van der Waals surface area contributed by atoms with Gasteiger partial charge in [-0.1, -0.05) is 6.07 Å². The maximum atomic E-state index is 6.19. The van der Waals surface area contributed by atoms with Crippen LogP contribution in [0.1, 0.15) is 20.3 Å². The number of likely N-dealkylation sites (N-methyl/N-ethyl adjacent to an activating group) is 1. The molecule has 1 saturated heterocycles. The van der Waals surface area contributed by atoms with E-state index in [4.69, 9.17) is 15.2 Å². The minimum absolute atomic E-state index is 0.127. The number of rotatable bonds is 4. The van der Waals surface area contributed by atoms with Gasteiger partial charge in [-0.2, -0.15) is 0 Å². The second-order valence-electron chi connectivity index (χ2n) is 4.98. The van der Waals surface area contributed by atoms with Crippen molar-refractivity contribution in [2.24, 2.45) is 0 Å². The van der Waals surface area contributed by atoms with Gasteiger partial charge in [0.05, 0.1) is 30.1 Å². The molecule has 1 unspecified atom stereocenters. The predicted molar refractivity (Wildman–Crippen MR) is 74.2 cm³/mol. The van der Waals surface area contributed by atoms with Crippen LogP contribution in [0.2, 0.25) is 0 Å². The van der Waals surface area contributed by atoms with Crippen molar-refractivity contribution < 1.29 is 9.47 Å². The lowest BCUT2D eigenvalue weighted by Crippen LogP contribution is -2.32. The van der Waals surface area contributed by atoms with Crippen molar-refractivity contribution >= 4 is 11.4 Å². The number of benzene rings is 1. The monoisotopic (exact) mass is 250 g/mol. The smallest absolute Gasteiger partial charge is 0.144 e. The average molecular weight is 250 g/mol. The molecule has 4 nitrogen and oxygen atoms in total. The fourth-order valence-corrected chi connectivity index (χ4v) is 2.22. The lowest BCUT2D eigenvalue weighted by atomic mass is 10.1. The molecule has 1 aliphatic rings. The Labute approximate surface area is 109 Å². The van der Waals surface area contributed by atoms with Gasteiger partial charge in [0.15, 0.2) is 0 Å². The van der Waals surface area contributed by atoms with E-state index in [2.05, 4.69) is 11.9 Å². The Morgan fingerprint density at radius 3 is 2.83 bits per heavy atom. The van der Waals surface area contributed by atoms with Crippen molar-refractivity contribution in [3.63, 3.8) is 0 Å². The summed E-state index contributed by atoms with van der Waals surface area (Å²) in [5.41, 5.74) is 7.92. The summed E-state index contributed by atoms with van der Waals surface area (Å²) in [6.45, 7) is 5.60. The van der Waals surface area contributed by atoms with Gasteiger partial charge in [-0.05, 0) is 32.4 Å². The summed E-state index contributed by atoms with van der Waals surface area (Å²) in [6, 6.07) is 6.33. The first kappa shape index (κ1) is 13.0. The van der Waals surface area contributed by atoms with Crippen LogP contribution < -0.4 is 15.4 Å². The Balaban J connectivity index is 2.21. The standard InChI is InChI=1S/C14H22N2O2/c1-10(2)18-13-6-4-5-12(14(13)15)16(3)11-7-8-17-9-11/h4-6,10-11H,7-9,15H2,1-3H3. The molecular weight excluding hydrogens is 228 g/mol. The molecule has 0 amide bonds. The molecule has 0 bridgehead atoms. The van der Waals surface area contributed by atoms with E-state index in [9.17, 15) is 0 Å². The highest BCUT2D eigenvalue weighted by Crippen LogP contribution is 2.34. The number of nitrogens with two attached hydrogens (primary N) is 1. The van der Waals surface area contributed by atoms with E-state index in [1.54, 1.807) is 0 Å². The minimum atomic E-state index is 0.127. The van der Waals surface area contributed by atoms with Gasteiger partial charge in [0.25, 0.3) is 0 Å². The van der Waals surface area contributed by atoms with Gasteiger partial charge in [-0.15, -0.1) is 0 Å². The summed E-state index contributed by atoms with van der Waals surface area (Å²) in [5, 5.41) is 0. The van der Waals surface area contributed by atoms with Crippen LogP contribution in [0.4, 0.5) is 11.4 Å². The van der Waals surface area contributed by atoms with Gasteiger partial charge in [0.2, 0.25) is 0 Å². The largest absolute Gasteiger partial charge is 0.489 e. The zero-order valence-electron chi connectivity index (χ0n) is 11.3. The third-order valence-electron chi connectivity index (χ3n) is 3.24. The SMILES string of the molecule is CC(C)Oc1cccc(N(C)C2CCOC2)c1N. The Bertz CT molecular complexity index is 401. The number of hydrogen-bond donors (Lipinski definition) is 1. The average Bonchev–Trinajstić information content (AvgIpc) is 2.84. The summed E-state index contributed by atoms with van der Waals surface area (Å²) in [4.78, 5) is 2.19. The van der Waals surface area contributed by atoms with E-state index in [-0.39, 0.29) is 6.10 Å². The predicted octanol–water partition coefficient (Wildman–Crippen LogP) is 2.28. The van der Waals surface area contributed by atoms with Crippen LogP contribution >= 0.6 is 0 Å². The van der Waals surface area contributed by atoms with Crippen molar-refractivity contribution in [3.05, 3.63) is 18.2 Å². The summed E-state index contributed by atoms with van der Waals surface area (Å²) < 4.78 is 11.1. The molecule has 1 aromatic rings. The van der Waals surface area contributed by atoms with Crippen LogP contribution in [0.5, 0.6) is 5.75 Å². The van der Waals surface area contributed by atoms with Crippen molar-refractivity contribution in [1.82, 2.24) is 0 Å².